The Morgan fingerprint density at radius 1 is 0.385 bits per heavy atom. The molecule has 0 aliphatic rings. The van der Waals surface area contributed by atoms with Crippen molar-refractivity contribution in [2.45, 2.75) is 67.2 Å². The van der Waals surface area contributed by atoms with Gasteiger partial charge in [-0.3, -0.25) is 20.2 Å². The number of hydrogen-bond donors (Lipinski definition) is 4. The Kier molecular flexibility index (Phi) is 13.2. The molecule has 0 spiro atoms. The molecule has 52 heavy (non-hydrogen) atoms. The Bertz CT molecular complexity index is 1740. The highest BCUT2D eigenvalue weighted by molar-refractivity contribution is 5.56. The molecule has 0 saturated heterocycles. The largest absolute Gasteiger partial charge is 0.507 e. The number of nitro groups is 2. The highest BCUT2D eigenvalue weighted by Gasteiger charge is 2.24. The van der Waals surface area contributed by atoms with Crippen LogP contribution in [0.3, 0.4) is 0 Å². The lowest BCUT2D eigenvalue weighted by molar-refractivity contribution is -0.445. The van der Waals surface area contributed by atoms with E-state index < -0.39 is 9.85 Å². The first kappa shape index (κ1) is 40.5. The van der Waals surface area contributed by atoms with E-state index in [1.54, 1.807) is 0 Å². The van der Waals surface area contributed by atoms with Gasteiger partial charge in [-0.15, -0.1) is 0 Å². The van der Waals surface area contributed by atoms with E-state index in [0.717, 1.165) is 92.0 Å². The molecule has 5 rings (SSSR count). The fourth-order valence-electron chi connectivity index (χ4n) is 6.66. The molecule has 0 aliphatic heterocycles. The molecule has 274 valence electrons. The summed E-state index contributed by atoms with van der Waals surface area (Å²) in [4.78, 5) is 16.6. The first-order valence-corrected chi connectivity index (χ1v) is 16.7. The van der Waals surface area contributed by atoms with Gasteiger partial charge in [-0.25, -0.2) is 0 Å². The third-order valence-electron chi connectivity index (χ3n) is 8.99. The minimum Gasteiger partial charge on any atom is -0.507 e. The molecule has 4 N–H and O–H groups in total. The summed E-state index contributed by atoms with van der Waals surface area (Å²) in [6.07, 6.45) is 0. The minimum absolute atomic E-state index is 0.116. The van der Waals surface area contributed by atoms with Crippen molar-refractivity contribution in [3.05, 3.63) is 171 Å². The van der Waals surface area contributed by atoms with Crippen LogP contribution in [-0.2, 0) is 0 Å². The van der Waals surface area contributed by atoms with Gasteiger partial charge in [0.15, 0.2) is 14.1 Å². The maximum Gasteiger partial charge on any atom is 0.194 e. The van der Waals surface area contributed by atoms with Crippen LogP contribution in [0.25, 0.3) is 0 Å². The van der Waals surface area contributed by atoms with Crippen LogP contribution in [0, 0.1) is 75.6 Å². The van der Waals surface area contributed by atoms with E-state index in [4.69, 9.17) is 20.2 Å². The van der Waals surface area contributed by atoms with Crippen LogP contribution in [0.1, 0.15) is 89.7 Å². The zero-order valence-electron chi connectivity index (χ0n) is 31.4. The van der Waals surface area contributed by atoms with Crippen LogP contribution >= 0.6 is 0 Å². The number of rotatable bonds is 6. The number of benzene rings is 5. The molecule has 10 nitrogen and oxygen atoms in total. The monoisotopic (exact) mass is 708 g/mol. The summed E-state index contributed by atoms with van der Waals surface area (Å²) in [5, 5.41) is 59.8. The van der Waals surface area contributed by atoms with E-state index in [-0.39, 0.29) is 11.8 Å². The highest BCUT2D eigenvalue weighted by Crippen LogP contribution is 2.41. The number of hydrogen-bond acceptors (Lipinski definition) is 8. The van der Waals surface area contributed by atoms with Crippen LogP contribution < -0.4 is 0 Å². The molecule has 0 aromatic heterocycles. The van der Waals surface area contributed by atoms with Crippen LogP contribution in [0.5, 0.6) is 23.0 Å². The molecule has 0 saturated carbocycles. The fraction of sp³-hybridized carbons (Fsp3) is 0.286. The average molecular weight is 709 g/mol. The van der Waals surface area contributed by atoms with Crippen molar-refractivity contribution in [2.24, 2.45) is 0 Å². The first-order valence-electron chi connectivity index (χ1n) is 16.7. The van der Waals surface area contributed by atoms with Gasteiger partial charge in [-0.05, 0) is 133 Å². The maximum absolute atomic E-state index is 10.5. The lowest BCUT2D eigenvalue weighted by Gasteiger charge is -2.25. The lowest BCUT2D eigenvalue weighted by Crippen LogP contribution is -2.08. The molecular formula is C42H48N2O8. The molecule has 0 aliphatic carbocycles. The van der Waals surface area contributed by atoms with Gasteiger partial charge in [-0.1, -0.05) is 72.8 Å². The van der Waals surface area contributed by atoms with Crippen molar-refractivity contribution < 1.29 is 30.3 Å². The number of phenols is 4. The average Bonchev–Trinajstić information content (AvgIpc) is 3.04. The van der Waals surface area contributed by atoms with Crippen molar-refractivity contribution in [1.29, 1.82) is 0 Å². The van der Waals surface area contributed by atoms with Gasteiger partial charge in [0.05, 0.1) is 0 Å². The van der Waals surface area contributed by atoms with Gasteiger partial charge >= 0.3 is 0 Å². The van der Waals surface area contributed by atoms with Crippen molar-refractivity contribution in [1.82, 2.24) is 0 Å². The second-order valence-electron chi connectivity index (χ2n) is 13.4. The molecule has 5 aromatic rings. The quantitative estimate of drug-likeness (QED) is 0.0770. The fourth-order valence-corrected chi connectivity index (χ4v) is 6.66. The standard InChI is InChI=1S/C40H42O4.2CH3NO2/c1-21-13-31(14-22(2)37(21)41)35(32-15-23(3)38(42)24(4)16-32)29-9-11-30(12-10-29)36(33-17-25(5)39(43)26(6)18-33)34-19-27(7)40(44)28(8)20-34;2*1-2(3)4/h9-20,35-36,41-44H,1-8H3;2*1H3. The van der Waals surface area contributed by atoms with Gasteiger partial charge in [0.2, 0.25) is 0 Å². The summed E-state index contributed by atoms with van der Waals surface area (Å²) >= 11 is 0. The second kappa shape index (κ2) is 16.9. The SMILES string of the molecule is C[N+](=O)[O-].C[N+](=O)[O-].Cc1cc(C(c2ccc(C(c3cc(C)c(O)c(C)c3)c3cc(C)c(O)c(C)c3)cc2)c2cc(C)c(O)c(C)c2)cc(C)c1O. The topological polar surface area (TPSA) is 167 Å². The van der Waals surface area contributed by atoms with Crippen molar-refractivity contribution in [2.75, 3.05) is 14.1 Å². The van der Waals surface area contributed by atoms with Crippen LogP contribution in [0.2, 0.25) is 0 Å². The lowest BCUT2D eigenvalue weighted by atomic mass is 9.79. The summed E-state index contributed by atoms with van der Waals surface area (Å²) < 4.78 is 0. The summed E-state index contributed by atoms with van der Waals surface area (Å²) in [7, 11) is 1.78. The predicted octanol–water partition coefficient (Wildman–Crippen LogP) is 9.12. The van der Waals surface area contributed by atoms with Crippen LogP contribution in [-0.4, -0.2) is 44.4 Å². The molecule has 0 unspecified atom stereocenters. The third kappa shape index (κ3) is 9.66. The van der Waals surface area contributed by atoms with E-state index >= 15 is 0 Å². The Morgan fingerprint density at radius 3 is 0.654 bits per heavy atom. The van der Waals surface area contributed by atoms with Crippen molar-refractivity contribution >= 4 is 0 Å². The van der Waals surface area contributed by atoms with E-state index in [2.05, 4.69) is 24.3 Å². The highest BCUT2D eigenvalue weighted by atomic mass is 16.6. The maximum atomic E-state index is 10.5. The molecule has 0 fully saturated rings. The van der Waals surface area contributed by atoms with Gasteiger partial charge in [0.25, 0.3) is 0 Å². The molecule has 10 heteroatoms. The zero-order chi connectivity index (χ0) is 39.2. The van der Waals surface area contributed by atoms with Crippen LogP contribution in [0.15, 0.2) is 72.8 Å². The van der Waals surface area contributed by atoms with Gasteiger partial charge in [0.1, 0.15) is 23.0 Å². The van der Waals surface area contributed by atoms with E-state index in [0.29, 0.717) is 23.0 Å². The van der Waals surface area contributed by atoms with Crippen molar-refractivity contribution in [3.8, 4) is 23.0 Å². The van der Waals surface area contributed by atoms with Gasteiger partial charge in [0, 0.05) is 21.7 Å². The molecular weight excluding hydrogens is 660 g/mol. The molecule has 5 aromatic carbocycles. The number of nitrogens with zero attached hydrogens (tertiary/aromatic N) is 2. The van der Waals surface area contributed by atoms with Crippen LogP contribution in [0.4, 0.5) is 0 Å². The summed E-state index contributed by atoms with van der Waals surface area (Å²) in [5.41, 5.74) is 13.1. The van der Waals surface area contributed by atoms with Gasteiger partial charge in [-0.2, -0.15) is 0 Å². The number of aromatic hydroxyl groups is 4. The van der Waals surface area contributed by atoms with Gasteiger partial charge < -0.3 is 20.4 Å². The molecule has 0 radical (unpaired) electrons. The Labute approximate surface area is 305 Å². The molecule has 0 atom stereocenters. The van der Waals surface area contributed by atoms with Crippen molar-refractivity contribution in [3.63, 3.8) is 0 Å². The molecule has 0 bridgehead atoms. The van der Waals surface area contributed by atoms with E-state index in [9.17, 15) is 20.4 Å². The first-order chi connectivity index (χ1) is 24.2. The Balaban J connectivity index is 0.000000827. The third-order valence-corrected chi connectivity index (χ3v) is 8.99. The van der Waals surface area contributed by atoms with E-state index in [1.165, 1.54) is 0 Å². The smallest absolute Gasteiger partial charge is 0.194 e. The summed E-state index contributed by atoms with van der Waals surface area (Å²) in [6.45, 7) is 15.4. The normalized spacial score (nSPS) is 10.7. The number of aryl methyl sites for hydroxylation is 8. The summed E-state index contributed by atoms with van der Waals surface area (Å²) in [5.74, 6) is 1.00. The summed E-state index contributed by atoms with van der Waals surface area (Å²) in [6, 6.07) is 25.1. The number of phenolic OH excluding ortho intramolecular Hbond substituents is 4. The van der Waals surface area contributed by atoms with E-state index in [1.807, 2.05) is 104 Å². The Morgan fingerprint density at radius 2 is 0.519 bits per heavy atom. The molecule has 0 amide bonds. The Hall–Kier alpha value is -5.90. The second-order valence-corrected chi connectivity index (χ2v) is 13.4. The molecule has 0 heterocycles. The predicted molar refractivity (Wildman–Crippen MR) is 204 cm³/mol. The zero-order valence-corrected chi connectivity index (χ0v) is 31.4. The minimum atomic E-state index is -0.500.